The third-order valence-corrected chi connectivity index (χ3v) is 5.22. The average Bonchev–Trinajstić information content (AvgIpc) is 2.73. The second kappa shape index (κ2) is 9.70. The van der Waals surface area contributed by atoms with Gasteiger partial charge in [0.05, 0.1) is 4.92 Å². The number of amides is 1. The molecule has 0 bridgehead atoms. The molecular weight excluding hydrogens is 458 g/mol. The second-order valence-electron chi connectivity index (χ2n) is 7.14. The number of benzene rings is 2. The van der Waals surface area contributed by atoms with Gasteiger partial charge in [0.15, 0.2) is 6.61 Å². The fourth-order valence-corrected chi connectivity index (χ4v) is 3.50. The Morgan fingerprint density at radius 1 is 1.12 bits per heavy atom. The average molecular weight is 476 g/mol. The molecule has 2 aromatic carbocycles. The molecule has 0 radical (unpaired) electrons. The van der Waals surface area contributed by atoms with E-state index in [0.29, 0.717) is 19.6 Å². The van der Waals surface area contributed by atoms with Crippen LogP contribution in [0.5, 0.6) is 5.75 Å². The van der Waals surface area contributed by atoms with Gasteiger partial charge in [0.2, 0.25) is 0 Å². The number of nitro groups is 1. The molecule has 0 saturated carbocycles. The predicted molar refractivity (Wildman–Crippen MR) is 107 cm³/mol. The molecule has 1 aliphatic rings. The molecule has 0 N–H and O–H groups in total. The molecule has 3 rings (SSSR count). The highest BCUT2D eigenvalue weighted by atomic mass is 35.5. The van der Waals surface area contributed by atoms with Crippen molar-refractivity contribution in [2.75, 3.05) is 32.8 Å². The first-order chi connectivity index (χ1) is 15.0. The minimum atomic E-state index is -4.59. The smallest absolute Gasteiger partial charge is 0.422 e. The maximum atomic E-state index is 13.2. The molecule has 0 aliphatic carbocycles. The Morgan fingerprint density at radius 3 is 2.41 bits per heavy atom. The number of halogens is 5. The van der Waals surface area contributed by atoms with E-state index in [1.807, 2.05) is 4.90 Å². The van der Waals surface area contributed by atoms with Gasteiger partial charge in [0, 0.05) is 43.8 Å². The highest BCUT2D eigenvalue weighted by molar-refractivity contribution is 6.31. The minimum Gasteiger partial charge on any atom is -0.484 e. The lowest BCUT2D eigenvalue weighted by molar-refractivity contribution is -0.385. The van der Waals surface area contributed by atoms with Gasteiger partial charge in [-0.2, -0.15) is 13.2 Å². The van der Waals surface area contributed by atoms with E-state index in [1.165, 1.54) is 17.0 Å². The van der Waals surface area contributed by atoms with Crippen LogP contribution in [0.25, 0.3) is 0 Å². The van der Waals surface area contributed by atoms with Crippen LogP contribution in [0, 0.1) is 15.9 Å². The van der Waals surface area contributed by atoms with E-state index in [0.717, 1.165) is 23.8 Å². The lowest BCUT2D eigenvalue weighted by Crippen LogP contribution is -2.48. The van der Waals surface area contributed by atoms with Crippen molar-refractivity contribution in [3.63, 3.8) is 0 Å². The molecule has 1 fully saturated rings. The van der Waals surface area contributed by atoms with E-state index in [4.69, 9.17) is 11.6 Å². The van der Waals surface area contributed by atoms with Crippen LogP contribution in [-0.4, -0.2) is 59.6 Å². The van der Waals surface area contributed by atoms with Crippen LogP contribution in [0.1, 0.15) is 15.9 Å². The van der Waals surface area contributed by atoms with Crippen LogP contribution in [0.15, 0.2) is 36.4 Å². The maximum Gasteiger partial charge on any atom is 0.422 e. The van der Waals surface area contributed by atoms with Gasteiger partial charge in [-0.3, -0.25) is 19.8 Å². The predicted octanol–water partition coefficient (Wildman–Crippen LogP) is 4.29. The molecule has 32 heavy (non-hydrogen) atoms. The first-order valence-electron chi connectivity index (χ1n) is 9.47. The number of nitro benzene ring substituents is 1. The quantitative estimate of drug-likeness (QED) is 0.354. The Bertz CT molecular complexity index is 1010. The Balaban J connectivity index is 1.68. The van der Waals surface area contributed by atoms with Gasteiger partial charge in [-0.1, -0.05) is 17.7 Å². The Morgan fingerprint density at radius 2 is 1.81 bits per heavy atom. The summed E-state index contributed by atoms with van der Waals surface area (Å²) >= 11 is 6.05. The second-order valence-corrected chi connectivity index (χ2v) is 7.55. The van der Waals surface area contributed by atoms with Crippen molar-refractivity contribution < 1.29 is 32.0 Å². The van der Waals surface area contributed by atoms with Crippen LogP contribution in [0.2, 0.25) is 5.02 Å². The largest absolute Gasteiger partial charge is 0.484 e. The van der Waals surface area contributed by atoms with Gasteiger partial charge in [-0.15, -0.1) is 0 Å². The van der Waals surface area contributed by atoms with Crippen LogP contribution in [0.3, 0.4) is 0 Å². The van der Waals surface area contributed by atoms with Gasteiger partial charge in [-0.05, 0) is 29.8 Å². The standard InChI is InChI=1S/C20H18ClF4N3O4/c21-17-9-14(22)2-1-13(17)11-26-5-7-27(8-6-26)19(29)16-10-15(32-12-20(23,24)25)3-4-18(16)28(30)31/h1-4,9-10H,5-8,11-12H2. The SMILES string of the molecule is O=C(c1cc(OCC(F)(F)F)ccc1[N+](=O)[O-])N1CCN(Cc2ccc(F)cc2Cl)CC1. The summed E-state index contributed by atoms with van der Waals surface area (Å²) in [6, 6.07) is 7.01. The molecule has 12 heteroatoms. The van der Waals surface area contributed by atoms with Crippen molar-refractivity contribution in [2.24, 2.45) is 0 Å². The molecule has 1 aliphatic heterocycles. The first-order valence-corrected chi connectivity index (χ1v) is 9.85. The summed E-state index contributed by atoms with van der Waals surface area (Å²) in [7, 11) is 0. The van der Waals surface area contributed by atoms with Gasteiger partial charge >= 0.3 is 6.18 Å². The Hall–Kier alpha value is -2.92. The molecule has 1 saturated heterocycles. The first kappa shape index (κ1) is 23.7. The van der Waals surface area contributed by atoms with E-state index >= 15 is 0 Å². The van der Waals surface area contributed by atoms with E-state index in [9.17, 15) is 32.5 Å². The van der Waals surface area contributed by atoms with Crippen LogP contribution < -0.4 is 4.74 Å². The van der Waals surface area contributed by atoms with Gasteiger partial charge in [-0.25, -0.2) is 4.39 Å². The number of hydrogen-bond acceptors (Lipinski definition) is 5. The number of carbonyl (C=O) groups excluding carboxylic acids is 1. The van der Waals surface area contributed by atoms with Crippen molar-refractivity contribution in [1.29, 1.82) is 0 Å². The fourth-order valence-electron chi connectivity index (χ4n) is 3.27. The van der Waals surface area contributed by atoms with Crippen molar-refractivity contribution in [2.45, 2.75) is 12.7 Å². The summed E-state index contributed by atoms with van der Waals surface area (Å²) in [6.07, 6.45) is -4.59. The zero-order valence-electron chi connectivity index (χ0n) is 16.6. The molecule has 1 amide bonds. The van der Waals surface area contributed by atoms with Crippen molar-refractivity contribution in [3.05, 3.63) is 68.5 Å². The molecule has 172 valence electrons. The minimum absolute atomic E-state index is 0.239. The van der Waals surface area contributed by atoms with E-state index in [1.54, 1.807) is 6.07 Å². The summed E-state index contributed by atoms with van der Waals surface area (Å²) in [5, 5.41) is 11.6. The van der Waals surface area contributed by atoms with Crippen LogP contribution in [-0.2, 0) is 6.54 Å². The van der Waals surface area contributed by atoms with Crippen molar-refractivity contribution >= 4 is 23.2 Å². The molecule has 2 aromatic rings. The summed E-state index contributed by atoms with van der Waals surface area (Å²) in [5.74, 6) is -1.41. The summed E-state index contributed by atoms with van der Waals surface area (Å²) in [5.41, 5.74) is -0.141. The number of hydrogen-bond donors (Lipinski definition) is 0. The third kappa shape index (κ3) is 6.07. The van der Waals surface area contributed by atoms with Crippen molar-refractivity contribution in [1.82, 2.24) is 9.80 Å². The zero-order chi connectivity index (χ0) is 23.5. The Kier molecular flexibility index (Phi) is 7.19. The Labute approximate surface area is 185 Å². The van der Waals surface area contributed by atoms with Gasteiger partial charge < -0.3 is 9.64 Å². The van der Waals surface area contributed by atoms with Crippen LogP contribution in [0.4, 0.5) is 23.2 Å². The molecule has 7 nitrogen and oxygen atoms in total. The number of nitrogens with zero attached hydrogens (tertiary/aromatic N) is 3. The maximum absolute atomic E-state index is 13.2. The van der Waals surface area contributed by atoms with E-state index in [2.05, 4.69) is 4.74 Å². The van der Waals surface area contributed by atoms with E-state index < -0.39 is 35.1 Å². The summed E-state index contributed by atoms with van der Waals surface area (Å²) in [6.45, 7) is 0.186. The third-order valence-electron chi connectivity index (χ3n) is 4.87. The lowest BCUT2D eigenvalue weighted by Gasteiger charge is -2.34. The number of carbonyl (C=O) groups is 1. The summed E-state index contributed by atoms with van der Waals surface area (Å²) < 4.78 is 55.0. The number of alkyl halides is 3. The lowest BCUT2D eigenvalue weighted by atomic mass is 10.1. The molecule has 0 unspecified atom stereocenters. The summed E-state index contributed by atoms with van der Waals surface area (Å²) in [4.78, 5) is 26.8. The molecular formula is C20H18ClF4N3O4. The molecule has 0 spiro atoms. The fraction of sp³-hybridized carbons (Fsp3) is 0.350. The van der Waals surface area contributed by atoms with Gasteiger partial charge in [0.1, 0.15) is 17.1 Å². The number of piperazine rings is 1. The number of rotatable bonds is 6. The number of ether oxygens (including phenoxy) is 1. The van der Waals surface area contributed by atoms with Crippen molar-refractivity contribution in [3.8, 4) is 5.75 Å². The monoisotopic (exact) mass is 475 g/mol. The van der Waals surface area contributed by atoms with Crippen LogP contribution >= 0.6 is 11.6 Å². The highest BCUT2D eigenvalue weighted by Crippen LogP contribution is 2.28. The normalized spacial score (nSPS) is 15.0. The van der Waals surface area contributed by atoms with Gasteiger partial charge in [0.25, 0.3) is 11.6 Å². The molecule has 0 aromatic heterocycles. The highest BCUT2D eigenvalue weighted by Gasteiger charge is 2.31. The molecule has 1 heterocycles. The zero-order valence-corrected chi connectivity index (χ0v) is 17.3. The topological polar surface area (TPSA) is 75.9 Å². The molecule has 0 atom stereocenters. The van der Waals surface area contributed by atoms with E-state index in [-0.39, 0.29) is 29.4 Å².